The van der Waals surface area contributed by atoms with E-state index in [1.807, 2.05) is 0 Å². The average molecular weight is 271 g/mol. The van der Waals surface area contributed by atoms with Crippen molar-refractivity contribution in [1.82, 2.24) is 15.5 Å². The van der Waals surface area contributed by atoms with E-state index in [9.17, 15) is 0 Å². The Morgan fingerprint density at radius 1 is 1.25 bits per heavy atom. The highest BCUT2D eigenvalue weighted by Gasteiger charge is 2.21. The summed E-state index contributed by atoms with van der Waals surface area (Å²) in [5.41, 5.74) is 2.35. The van der Waals surface area contributed by atoms with Crippen LogP contribution in [0.4, 0.5) is 0 Å². The third kappa shape index (κ3) is 2.75. The van der Waals surface area contributed by atoms with E-state index in [1.165, 1.54) is 12.0 Å². The summed E-state index contributed by atoms with van der Waals surface area (Å²) >= 11 is 0. The molecule has 0 radical (unpaired) electrons. The second-order valence-corrected chi connectivity index (χ2v) is 5.78. The summed E-state index contributed by atoms with van der Waals surface area (Å²) in [6.07, 6.45) is 2.30. The molecule has 4 nitrogen and oxygen atoms in total. The molecule has 1 atom stereocenters. The van der Waals surface area contributed by atoms with Crippen LogP contribution in [-0.2, 0) is 0 Å². The molecular formula is C16H21N3O. The van der Waals surface area contributed by atoms with Gasteiger partial charge in [-0.1, -0.05) is 43.3 Å². The number of nitrogens with zero attached hydrogens (tertiary/aromatic N) is 2. The molecule has 1 fully saturated rings. The molecule has 1 aromatic heterocycles. The van der Waals surface area contributed by atoms with Crippen molar-refractivity contribution in [2.45, 2.75) is 38.5 Å². The standard InChI is InChI=1S/C16H21N3O/c1-11(2)12-5-7-13(8-6-12)15-18-16(20-19-15)14-4-3-9-17-10-14/h5-8,11,14,17H,3-4,9-10H2,1-2H3/t14-/m0/s1. The highest BCUT2D eigenvalue weighted by molar-refractivity contribution is 5.54. The molecule has 1 saturated heterocycles. The van der Waals surface area contributed by atoms with Crippen LogP contribution >= 0.6 is 0 Å². The maximum atomic E-state index is 5.44. The lowest BCUT2D eigenvalue weighted by Gasteiger charge is -2.18. The number of rotatable bonds is 3. The minimum Gasteiger partial charge on any atom is -0.339 e. The fourth-order valence-corrected chi connectivity index (χ4v) is 2.60. The van der Waals surface area contributed by atoms with Gasteiger partial charge in [-0.15, -0.1) is 0 Å². The maximum Gasteiger partial charge on any atom is 0.231 e. The van der Waals surface area contributed by atoms with Crippen LogP contribution in [0.15, 0.2) is 28.8 Å². The zero-order chi connectivity index (χ0) is 13.9. The van der Waals surface area contributed by atoms with Gasteiger partial charge in [-0.05, 0) is 30.9 Å². The van der Waals surface area contributed by atoms with Crippen molar-refractivity contribution in [2.24, 2.45) is 0 Å². The van der Waals surface area contributed by atoms with Gasteiger partial charge in [0.15, 0.2) is 0 Å². The van der Waals surface area contributed by atoms with Gasteiger partial charge in [0, 0.05) is 12.1 Å². The van der Waals surface area contributed by atoms with Gasteiger partial charge in [0.1, 0.15) is 0 Å². The first kappa shape index (κ1) is 13.3. The lowest BCUT2D eigenvalue weighted by molar-refractivity contribution is 0.322. The van der Waals surface area contributed by atoms with E-state index in [0.717, 1.165) is 31.0 Å². The molecule has 0 bridgehead atoms. The highest BCUT2D eigenvalue weighted by Crippen LogP contribution is 2.25. The van der Waals surface area contributed by atoms with E-state index >= 15 is 0 Å². The molecule has 1 aromatic carbocycles. The fourth-order valence-electron chi connectivity index (χ4n) is 2.60. The summed E-state index contributed by atoms with van der Waals surface area (Å²) in [7, 11) is 0. The van der Waals surface area contributed by atoms with E-state index in [1.54, 1.807) is 0 Å². The van der Waals surface area contributed by atoms with Crippen molar-refractivity contribution in [1.29, 1.82) is 0 Å². The van der Waals surface area contributed by atoms with Crippen molar-refractivity contribution >= 4 is 0 Å². The number of piperidine rings is 1. The van der Waals surface area contributed by atoms with Gasteiger partial charge in [0.05, 0.1) is 5.92 Å². The van der Waals surface area contributed by atoms with Gasteiger partial charge in [-0.25, -0.2) is 0 Å². The Morgan fingerprint density at radius 3 is 2.70 bits per heavy atom. The Morgan fingerprint density at radius 2 is 2.05 bits per heavy atom. The van der Waals surface area contributed by atoms with Crippen molar-refractivity contribution in [3.05, 3.63) is 35.7 Å². The molecule has 106 valence electrons. The van der Waals surface area contributed by atoms with Gasteiger partial charge >= 0.3 is 0 Å². The monoisotopic (exact) mass is 271 g/mol. The van der Waals surface area contributed by atoms with Crippen LogP contribution < -0.4 is 5.32 Å². The summed E-state index contributed by atoms with van der Waals surface area (Å²) in [4.78, 5) is 4.56. The van der Waals surface area contributed by atoms with Crippen LogP contribution in [0, 0.1) is 0 Å². The van der Waals surface area contributed by atoms with E-state index < -0.39 is 0 Å². The molecule has 1 N–H and O–H groups in total. The summed E-state index contributed by atoms with van der Waals surface area (Å²) in [5, 5.41) is 7.50. The van der Waals surface area contributed by atoms with E-state index in [0.29, 0.717) is 17.7 Å². The molecule has 3 rings (SSSR count). The van der Waals surface area contributed by atoms with E-state index in [-0.39, 0.29) is 0 Å². The van der Waals surface area contributed by atoms with Crippen molar-refractivity contribution < 1.29 is 4.52 Å². The molecule has 20 heavy (non-hydrogen) atoms. The first-order valence-corrected chi connectivity index (χ1v) is 7.38. The zero-order valence-corrected chi connectivity index (χ0v) is 12.1. The molecule has 0 amide bonds. The summed E-state index contributed by atoms with van der Waals surface area (Å²) in [5.74, 6) is 2.36. The van der Waals surface area contributed by atoms with Crippen LogP contribution in [-0.4, -0.2) is 23.2 Å². The van der Waals surface area contributed by atoms with Crippen LogP contribution in [0.3, 0.4) is 0 Å². The van der Waals surface area contributed by atoms with Crippen LogP contribution in [0.2, 0.25) is 0 Å². The Hall–Kier alpha value is -1.68. The first-order valence-electron chi connectivity index (χ1n) is 7.38. The summed E-state index contributed by atoms with van der Waals surface area (Å²) in [6, 6.07) is 8.42. The normalized spacial score (nSPS) is 19.4. The molecule has 0 aliphatic carbocycles. The second-order valence-electron chi connectivity index (χ2n) is 5.78. The van der Waals surface area contributed by atoms with Crippen molar-refractivity contribution in [2.75, 3.05) is 13.1 Å². The molecule has 0 spiro atoms. The lowest BCUT2D eigenvalue weighted by atomic mass is 10.00. The maximum absolute atomic E-state index is 5.44. The topological polar surface area (TPSA) is 51.0 Å². The number of aromatic nitrogens is 2. The molecular weight excluding hydrogens is 250 g/mol. The Kier molecular flexibility index (Phi) is 3.83. The van der Waals surface area contributed by atoms with Gasteiger partial charge in [-0.2, -0.15) is 4.98 Å². The van der Waals surface area contributed by atoms with Crippen LogP contribution in [0.1, 0.15) is 50.0 Å². The third-order valence-electron chi connectivity index (χ3n) is 3.92. The minimum absolute atomic E-state index is 0.361. The molecule has 1 aliphatic heterocycles. The molecule has 2 aromatic rings. The highest BCUT2D eigenvalue weighted by atomic mass is 16.5. The van der Waals surface area contributed by atoms with Gasteiger partial charge in [-0.3, -0.25) is 0 Å². The van der Waals surface area contributed by atoms with Crippen LogP contribution in [0.25, 0.3) is 11.4 Å². The van der Waals surface area contributed by atoms with Crippen molar-refractivity contribution in [3.63, 3.8) is 0 Å². The average Bonchev–Trinajstić information content (AvgIpc) is 2.98. The van der Waals surface area contributed by atoms with Crippen LogP contribution in [0.5, 0.6) is 0 Å². The van der Waals surface area contributed by atoms with Crippen molar-refractivity contribution in [3.8, 4) is 11.4 Å². The Labute approximate surface area is 119 Å². The number of hydrogen-bond acceptors (Lipinski definition) is 4. The Bertz CT molecular complexity index is 553. The predicted molar refractivity (Wildman–Crippen MR) is 78.7 cm³/mol. The molecule has 4 heteroatoms. The molecule has 1 aliphatic rings. The van der Waals surface area contributed by atoms with Gasteiger partial charge < -0.3 is 9.84 Å². The summed E-state index contributed by atoms with van der Waals surface area (Å²) in [6.45, 7) is 6.41. The van der Waals surface area contributed by atoms with E-state index in [4.69, 9.17) is 4.52 Å². The lowest BCUT2D eigenvalue weighted by Crippen LogP contribution is -2.28. The first-order chi connectivity index (χ1) is 9.74. The summed E-state index contributed by atoms with van der Waals surface area (Å²) < 4.78 is 5.44. The third-order valence-corrected chi connectivity index (χ3v) is 3.92. The molecule has 2 heterocycles. The van der Waals surface area contributed by atoms with Gasteiger partial charge in [0.2, 0.25) is 11.7 Å². The smallest absolute Gasteiger partial charge is 0.231 e. The molecule has 0 unspecified atom stereocenters. The zero-order valence-electron chi connectivity index (χ0n) is 12.1. The largest absolute Gasteiger partial charge is 0.339 e. The quantitative estimate of drug-likeness (QED) is 0.930. The Balaban J connectivity index is 1.78. The molecule has 0 saturated carbocycles. The SMILES string of the molecule is CC(C)c1ccc(-c2noc([C@H]3CCCNC3)n2)cc1. The van der Waals surface area contributed by atoms with E-state index in [2.05, 4.69) is 53.6 Å². The van der Waals surface area contributed by atoms with Gasteiger partial charge in [0.25, 0.3) is 0 Å². The number of hydrogen-bond donors (Lipinski definition) is 1. The minimum atomic E-state index is 0.361. The number of benzene rings is 1. The predicted octanol–water partition coefficient (Wildman–Crippen LogP) is 3.33. The second kappa shape index (κ2) is 5.75. The fraction of sp³-hybridized carbons (Fsp3) is 0.500. The number of nitrogens with one attached hydrogen (secondary N) is 1.